The van der Waals surface area contributed by atoms with Crippen molar-refractivity contribution >= 4 is 81.0 Å². The van der Waals surface area contributed by atoms with Gasteiger partial charge in [-0.2, -0.15) is 4.98 Å². The number of likely N-dealkylation sites (tertiary alicyclic amines) is 2. The molecule has 6 aromatic rings. The summed E-state index contributed by atoms with van der Waals surface area (Å²) in [7, 11) is 0. The summed E-state index contributed by atoms with van der Waals surface area (Å²) in [4.78, 5) is 94.1. The molecule has 0 aliphatic carbocycles. The number of carbonyl (C=O) groups is 5. The molecule has 21 heteroatoms. The third-order valence-electron chi connectivity index (χ3n) is 15.1. The summed E-state index contributed by atoms with van der Waals surface area (Å²) in [5.41, 5.74) is 8.18. The van der Waals surface area contributed by atoms with Gasteiger partial charge in [0.15, 0.2) is 5.65 Å². The number of carbonyl (C=O) groups excluding carboxylic acids is 5. The molecule has 6 heterocycles. The fourth-order valence-electron chi connectivity index (χ4n) is 10.7. The zero-order chi connectivity index (χ0) is 56.3. The number of amides is 5. The van der Waals surface area contributed by atoms with Gasteiger partial charge in [-0.1, -0.05) is 76.2 Å². The van der Waals surface area contributed by atoms with Gasteiger partial charge in [0.2, 0.25) is 41.4 Å². The van der Waals surface area contributed by atoms with E-state index in [-0.39, 0.29) is 55.6 Å². The summed E-state index contributed by atoms with van der Waals surface area (Å²) in [6, 6.07) is 24.1. The van der Waals surface area contributed by atoms with Crippen LogP contribution in [-0.2, 0) is 30.5 Å². The molecular formula is C59H74N14O6S. The smallest absolute Gasteiger partial charge is 0.246 e. The van der Waals surface area contributed by atoms with Crippen molar-refractivity contribution in [1.29, 1.82) is 0 Å². The zero-order valence-corrected chi connectivity index (χ0v) is 47.0. The molecule has 4 atom stereocenters. The molecule has 0 radical (unpaired) electrons. The van der Waals surface area contributed by atoms with Crippen molar-refractivity contribution in [2.75, 3.05) is 74.4 Å². The van der Waals surface area contributed by atoms with Crippen LogP contribution in [0.15, 0.2) is 103 Å². The quantitative estimate of drug-likeness (QED) is 0.0325. The zero-order valence-electron chi connectivity index (χ0n) is 46.2. The second-order valence-electron chi connectivity index (χ2n) is 22.0. The molecule has 9 rings (SSSR count). The van der Waals surface area contributed by atoms with Crippen LogP contribution in [0.4, 0.5) is 29.0 Å². The van der Waals surface area contributed by atoms with E-state index in [2.05, 4.69) is 69.6 Å². The number of thiazole rings is 1. The average molecular weight is 1110 g/mol. The molecule has 80 heavy (non-hydrogen) atoms. The number of nitrogens with one attached hydrogen (secondary N) is 5. The summed E-state index contributed by atoms with van der Waals surface area (Å²) >= 11 is 1.58. The number of rotatable bonds is 21. The Morgan fingerprint density at radius 2 is 1.59 bits per heavy atom. The van der Waals surface area contributed by atoms with Gasteiger partial charge in [-0.05, 0) is 91.6 Å². The highest BCUT2D eigenvalue weighted by Crippen LogP contribution is 2.33. The van der Waals surface area contributed by atoms with Gasteiger partial charge in [0.05, 0.1) is 41.0 Å². The Morgan fingerprint density at radius 1 is 0.838 bits per heavy atom. The summed E-state index contributed by atoms with van der Waals surface area (Å²) in [5.74, 6) is -0.0815. The van der Waals surface area contributed by atoms with Crippen LogP contribution in [-0.4, -0.2) is 151 Å². The van der Waals surface area contributed by atoms with E-state index in [1.165, 1.54) is 11.0 Å². The van der Waals surface area contributed by atoms with E-state index < -0.39 is 29.5 Å². The lowest BCUT2D eigenvalue weighted by atomic mass is 9.85. The Balaban J connectivity index is 0.682. The lowest BCUT2D eigenvalue weighted by Gasteiger charge is -2.35. The number of aryl methyl sites for hydroxylation is 1. The third-order valence-corrected chi connectivity index (χ3v) is 16.0. The number of aromatic nitrogens is 5. The molecule has 422 valence electrons. The maximum atomic E-state index is 14.1. The van der Waals surface area contributed by atoms with E-state index in [1.54, 1.807) is 17.5 Å². The number of anilines is 5. The predicted molar refractivity (Wildman–Crippen MR) is 312 cm³/mol. The molecule has 0 bridgehead atoms. The van der Waals surface area contributed by atoms with Gasteiger partial charge in [0, 0.05) is 88.8 Å². The number of piperazine rings is 1. The second-order valence-corrected chi connectivity index (χ2v) is 22.9. The maximum absolute atomic E-state index is 14.1. The normalized spacial score (nSPS) is 18.2. The van der Waals surface area contributed by atoms with E-state index in [1.807, 2.05) is 105 Å². The number of para-hydroxylation sites is 1. The number of fused-ring (bicyclic) bond motifs is 1. The van der Waals surface area contributed by atoms with Gasteiger partial charge < -0.3 is 46.4 Å². The number of β-amino-alcohol motifs (C(OH)–C–C–N with tert-alkyl or cyclic N) is 1. The average Bonchev–Trinajstić information content (AvgIpc) is 4.18. The van der Waals surface area contributed by atoms with Crippen LogP contribution in [0.5, 0.6) is 0 Å². The monoisotopic (exact) mass is 1110 g/mol. The van der Waals surface area contributed by atoms with Crippen LogP contribution in [0.3, 0.4) is 0 Å². The number of nitrogens with zero attached hydrogens (tertiary/aromatic N) is 9. The van der Waals surface area contributed by atoms with Crippen molar-refractivity contribution in [2.24, 2.45) is 5.41 Å². The molecule has 0 spiro atoms. The fourth-order valence-corrected chi connectivity index (χ4v) is 11.5. The number of hydrogen-bond donors (Lipinski definition) is 6. The molecular weight excluding hydrogens is 1030 g/mol. The van der Waals surface area contributed by atoms with Gasteiger partial charge in [0.1, 0.15) is 17.6 Å². The summed E-state index contributed by atoms with van der Waals surface area (Å²) < 4.78 is 2.09. The van der Waals surface area contributed by atoms with Crippen molar-refractivity contribution in [3.8, 4) is 10.4 Å². The summed E-state index contributed by atoms with van der Waals surface area (Å²) in [6.07, 6.45) is 6.24. The number of unbranched alkanes of at least 4 members (excludes halogenated alkanes) is 2. The molecule has 3 aromatic carbocycles. The third kappa shape index (κ3) is 14.3. The van der Waals surface area contributed by atoms with Gasteiger partial charge in [0.25, 0.3) is 0 Å². The highest BCUT2D eigenvalue weighted by Gasteiger charge is 2.44. The summed E-state index contributed by atoms with van der Waals surface area (Å²) in [6.45, 7) is 16.6. The molecule has 20 nitrogen and oxygen atoms in total. The number of piperidine rings is 1. The predicted octanol–water partition coefficient (Wildman–Crippen LogP) is 6.70. The fraction of sp³-hybridized carbons (Fsp3) is 0.441. The molecule has 3 aliphatic rings. The molecule has 6 N–H and O–H groups in total. The van der Waals surface area contributed by atoms with Crippen molar-refractivity contribution in [1.82, 2.24) is 55.2 Å². The number of imidazole rings is 1. The first kappa shape index (κ1) is 57.0. The van der Waals surface area contributed by atoms with Gasteiger partial charge >= 0.3 is 0 Å². The van der Waals surface area contributed by atoms with Crippen molar-refractivity contribution in [3.05, 3.63) is 114 Å². The topological polar surface area (TPSA) is 235 Å². The number of aliphatic hydroxyl groups is 1. The maximum Gasteiger partial charge on any atom is 0.246 e. The van der Waals surface area contributed by atoms with Crippen LogP contribution >= 0.6 is 11.3 Å². The minimum Gasteiger partial charge on any atom is -0.391 e. The minimum absolute atomic E-state index is 0.00375. The standard InChI is InChI=1S/C59H74N14O6S/c1-6-51(77)71-27-13-16-45(35-71)73-54-47(66-58(73)65-42-14-9-7-10-15-42)34-62-57(68-54)64-43-22-24-44(25-23-43)70-30-28-69(29-31-70)37-50(76)60-26-12-8-11-17-49(75)67-53(59(3,4)5)56(79)72-36-46(74)32-48(72)55(78)61-33-40-18-20-41(21-19-40)52-39(2)63-38-80-52/h6-7,9-10,14-15,18-25,34,38,45-46,48,53,74H,1,8,11-13,16-17,26-33,35-37H2,2-5H3,(H,60,76)(H,61,78)(H,65,66)(H,67,75)(H,62,64,68). The van der Waals surface area contributed by atoms with Crippen LogP contribution < -0.4 is 31.5 Å². The molecule has 3 aliphatic heterocycles. The van der Waals surface area contributed by atoms with Crippen molar-refractivity contribution in [2.45, 2.75) is 103 Å². The number of aliphatic hydroxyl groups excluding tert-OH is 1. The Hall–Kier alpha value is -7.75. The Bertz CT molecular complexity index is 3120. The van der Waals surface area contributed by atoms with Crippen molar-refractivity contribution in [3.63, 3.8) is 0 Å². The first-order valence-corrected chi connectivity index (χ1v) is 28.6. The lowest BCUT2D eigenvalue weighted by molar-refractivity contribution is -0.144. The molecule has 3 aromatic heterocycles. The van der Waals surface area contributed by atoms with E-state index in [0.29, 0.717) is 68.5 Å². The highest BCUT2D eigenvalue weighted by molar-refractivity contribution is 7.13. The largest absolute Gasteiger partial charge is 0.391 e. The van der Waals surface area contributed by atoms with Crippen LogP contribution in [0, 0.1) is 12.3 Å². The molecule has 3 saturated heterocycles. The van der Waals surface area contributed by atoms with E-state index in [4.69, 9.17) is 9.97 Å². The first-order valence-electron chi connectivity index (χ1n) is 27.7. The second kappa shape index (κ2) is 26.0. The van der Waals surface area contributed by atoms with E-state index >= 15 is 0 Å². The van der Waals surface area contributed by atoms with E-state index in [9.17, 15) is 29.1 Å². The molecule has 5 amide bonds. The highest BCUT2D eigenvalue weighted by atomic mass is 32.1. The van der Waals surface area contributed by atoms with E-state index in [0.717, 1.165) is 77.8 Å². The lowest BCUT2D eigenvalue weighted by Crippen LogP contribution is -2.57. The Morgan fingerprint density at radius 3 is 2.30 bits per heavy atom. The molecule has 0 saturated carbocycles. The Labute approximate surface area is 471 Å². The first-order chi connectivity index (χ1) is 38.6. The minimum atomic E-state index is -0.903. The molecule has 3 fully saturated rings. The van der Waals surface area contributed by atoms with Crippen molar-refractivity contribution < 1.29 is 29.1 Å². The van der Waals surface area contributed by atoms with Crippen LogP contribution in [0.2, 0.25) is 0 Å². The van der Waals surface area contributed by atoms with Gasteiger partial charge in [-0.3, -0.25) is 33.4 Å². The molecule has 4 unspecified atom stereocenters. The van der Waals surface area contributed by atoms with Gasteiger partial charge in [-0.25, -0.2) is 15.0 Å². The Kier molecular flexibility index (Phi) is 18.5. The number of benzene rings is 3. The summed E-state index contributed by atoms with van der Waals surface area (Å²) in [5, 5.41) is 26.4. The van der Waals surface area contributed by atoms with Crippen LogP contribution in [0.25, 0.3) is 21.6 Å². The number of hydrogen-bond acceptors (Lipinski definition) is 15. The van der Waals surface area contributed by atoms with Crippen LogP contribution in [0.1, 0.15) is 83.0 Å². The SMILES string of the molecule is C=CC(=O)N1CCCC(n2c(Nc3ccccc3)nc3cnc(Nc4ccc(N5CCN(CC(=O)NCCCCCC(=O)NC(C(=O)N6CC(O)CC6C(=O)NCc6ccc(-c7scnc7C)cc6)C(C)(C)C)CC5)cc4)nc32)C1. The van der Waals surface area contributed by atoms with Gasteiger partial charge in [-0.15, -0.1) is 11.3 Å².